The molecule has 0 radical (unpaired) electrons. The van der Waals surface area contributed by atoms with Crippen molar-refractivity contribution in [1.82, 2.24) is 4.98 Å². The number of hydrogen-bond acceptors (Lipinski definition) is 2. The van der Waals surface area contributed by atoms with Gasteiger partial charge in [0.2, 0.25) is 5.95 Å². The molecule has 0 aromatic carbocycles. The molecule has 1 N–H and O–H groups in total. The number of aromatic nitrogens is 1. The van der Waals surface area contributed by atoms with Crippen molar-refractivity contribution in [3.8, 4) is 0 Å². The third-order valence-electron chi connectivity index (χ3n) is 2.59. The third kappa shape index (κ3) is 2.98. The Labute approximate surface area is 84.6 Å². The smallest absolute Gasteiger partial charge is 0.214 e. The number of nitrogens with one attached hydrogen (secondary N) is 1. The molecule has 0 bridgehead atoms. The number of halogens is 1. The van der Waals surface area contributed by atoms with Crippen LogP contribution in [0.3, 0.4) is 0 Å². The number of pyridine rings is 1. The molecule has 0 fully saturated rings. The van der Waals surface area contributed by atoms with Crippen LogP contribution < -0.4 is 5.32 Å². The number of nitrogens with zero attached hydrogens (tertiary/aromatic N) is 1. The van der Waals surface area contributed by atoms with Crippen LogP contribution in [0.25, 0.3) is 0 Å². The average molecular weight is 196 g/mol. The summed E-state index contributed by atoms with van der Waals surface area (Å²) in [5.41, 5.74) is 0. The first-order valence-electron chi connectivity index (χ1n) is 5.02. The highest BCUT2D eigenvalue weighted by Crippen LogP contribution is 2.12. The Morgan fingerprint density at radius 2 is 2.14 bits per heavy atom. The fourth-order valence-corrected chi connectivity index (χ4v) is 1.22. The molecule has 78 valence electrons. The van der Waals surface area contributed by atoms with E-state index in [4.69, 9.17) is 0 Å². The fourth-order valence-electron chi connectivity index (χ4n) is 1.22. The van der Waals surface area contributed by atoms with E-state index in [2.05, 4.69) is 31.1 Å². The molecular formula is C11H17FN2. The molecule has 0 aliphatic heterocycles. The first kappa shape index (κ1) is 11.0. The lowest BCUT2D eigenvalue weighted by atomic mass is 10.0. The highest BCUT2D eigenvalue weighted by Gasteiger charge is 2.10. The molecule has 1 rings (SSSR count). The SMILES string of the molecule is CC[C@H](C)[C@H](C)Nc1cccc(F)n1. The Balaban J connectivity index is 2.60. The summed E-state index contributed by atoms with van der Waals surface area (Å²) in [6.07, 6.45) is 1.10. The lowest BCUT2D eigenvalue weighted by molar-refractivity contribution is 0.492. The Morgan fingerprint density at radius 3 is 2.71 bits per heavy atom. The van der Waals surface area contributed by atoms with E-state index in [1.807, 2.05) is 0 Å². The van der Waals surface area contributed by atoms with E-state index >= 15 is 0 Å². The van der Waals surface area contributed by atoms with Gasteiger partial charge in [0.1, 0.15) is 5.82 Å². The second kappa shape index (κ2) is 4.94. The summed E-state index contributed by atoms with van der Waals surface area (Å²) in [6, 6.07) is 5.10. The minimum Gasteiger partial charge on any atom is -0.367 e. The summed E-state index contributed by atoms with van der Waals surface area (Å²) in [5, 5.41) is 3.18. The Kier molecular flexibility index (Phi) is 3.86. The van der Waals surface area contributed by atoms with Crippen LogP contribution in [0.1, 0.15) is 27.2 Å². The molecule has 1 heterocycles. The maximum Gasteiger partial charge on any atom is 0.214 e. The van der Waals surface area contributed by atoms with Crippen molar-refractivity contribution in [2.45, 2.75) is 33.2 Å². The Hall–Kier alpha value is -1.12. The van der Waals surface area contributed by atoms with Crippen LogP contribution in [0.5, 0.6) is 0 Å². The van der Waals surface area contributed by atoms with Crippen molar-refractivity contribution < 1.29 is 4.39 Å². The van der Waals surface area contributed by atoms with Gasteiger partial charge < -0.3 is 5.32 Å². The van der Waals surface area contributed by atoms with Crippen LogP contribution >= 0.6 is 0 Å². The van der Waals surface area contributed by atoms with Gasteiger partial charge in [-0.2, -0.15) is 4.39 Å². The molecule has 0 amide bonds. The normalized spacial score (nSPS) is 14.9. The first-order chi connectivity index (χ1) is 6.63. The van der Waals surface area contributed by atoms with Crippen LogP contribution in [0.4, 0.5) is 10.2 Å². The topological polar surface area (TPSA) is 24.9 Å². The fraction of sp³-hybridized carbons (Fsp3) is 0.545. The lowest BCUT2D eigenvalue weighted by Crippen LogP contribution is -2.23. The minimum absolute atomic E-state index is 0.314. The zero-order chi connectivity index (χ0) is 10.6. The van der Waals surface area contributed by atoms with E-state index in [9.17, 15) is 4.39 Å². The van der Waals surface area contributed by atoms with Crippen molar-refractivity contribution in [3.63, 3.8) is 0 Å². The molecule has 0 spiro atoms. The second-order valence-corrected chi connectivity index (χ2v) is 3.66. The quantitative estimate of drug-likeness (QED) is 0.748. The first-order valence-corrected chi connectivity index (χ1v) is 5.02. The average Bonchev–Trinajstić information content (AvgIpc) is 2.16. The van der Waals surface area contributed by atoms with Gasteiger partial charge >= 0.3 is 0 Å². The summed E-state index contributed by atoms with van der Waals surface area (Å²) in [7, 11) is 0. The van der Waals surface area contributed by atoms with Crippen molar-refractivity contribution in [3.05, 3.63) is 24.1 Å². The summed E-state index contributed by atoms with van der Waals surface area (Å²) >= 11 is 0. The monoisotopic (exact) mass is 196 g/mol. The van der Waals surface area contributed by atoms with Crippen molar-refractivity contribution in [2.75, 3.05) is 5.32 Å². The van der Waals surface area contributed by atoms with Gasteiger partial charge in [-0.1, -0.05) is 26.3 Å². The van der Waals surface area contributed by atoms with Gasteiger partial charge in [-0.25, -0.2) is 4.98 Å². The van der Waals surface area contributed by atoms with E-state index in [0.29, 0.717) is 17.8 Å². The van der Waals surface area contributed by atoms with Gasteiger partial charge in [-0.15, -0.1) is 0 Å². The van der Waals surface area contributed by atoms with E-state index in [1.54, 1.807) is 12.1 Å². The van der Waals surface area contributed by atoms with Gasteiger partial charge in [0.25, 0.3) is 0 Å². The molecule has 0 aliphatic rings. The van der Waals surface area contributed by atoms with Gasteiger partial charge in [-0.05, 0) is 25.0 Å². The van der Waals surface area contributed by atoms with Crippen LogP contribution in [-0.4, -0.2) is 11.0 Å². The molecule has 0 saturated carbocycles. The standard InChI is InChI=1S/C11H17FN2/c1-4-8(2)9(3)13-11-7-5-6-10(12)14-11/h5-9H,4H2,1-3H3,(H,13,14)/t8-,9-/m0/s1. The van der Waals surface area contributed by atoms with Crippen LogP contribution in [0.2, 0.25) is 0 Å². The molecule has 2 atom stereocenters. The van der Waals surface area contributed by atoms with Gasteiger partial charge in [0, 0.05) is 6.04 Å². The number of rotatable bonds is 4. The third-order valence-corrected chi connectivity index (χ3v) is 2.59. The van der Waals surface area contributed by atoms with Crippen LogP contribution in [0, 0.1) is 11.9 Å². The van der Waals surface area contributed by atoms with E-state index < -0.39 is 5.95 Å². The molecule has 14 heavy (non-hydrogen) atoms. The second-order valence-electron chi connectivity index (χ2n) is 3.66. The molecule has 1 aromatic heterocycles. The maximum absolute atomic E-state index is 12.7. The molecule has 2 nitrogen and oxygen atoms in total. The van der Waals surface area contributed by atoms with Crippen molar-refractivity contribution >= 4 is 5.82 Å². The summed E-state index contributed by atoms with van der Waals surface area (Å²) in [6.45, 7) is 6.39. The minimum atomic E-state index is -0.439. The number of anilines is 1. The van der Waals surface area contributed by atoms with Crippen LogP contribution in [-0.2, 0) is 0 Å². The molecular weight excluding hydrogens is 179 g/mol. The predicted octanol–water partition coefficient (Wildman–Crippen LogP) is 3.07. The largest absolute Gasteiger partial charge is 0.367 e. The molecule has 0 aliphatic carbocycles. The Bertz CT molecular complexity index is 288. The molecule has 1 aromatic rings. The Morgan fingerprint density at radius 1 is 1.43 bits per heavy atom. The van der Waals surface area contributed by atoms with Crippen LogP contribution in [0.15, 0.2) is 18.2 Å². The predicted molar refractivity (Wildman–Crippen MR) is 56.7 cm³/mol. The van der Waals surface area contributed by atoms with Gasteiger partial charge in [-0.3, -0.25) is 0 Å². The lowest BCUT2D eigenvalue weighted by Gasteiger charge is -2.20. The van der Waals surface area contributed by atoms with Crippen molar-refractivity contribution in [1.29, 1.82) is 0 Å². The maximum atomic E-state index is 12.7. The summed E-state index contributed by atoms with van der Waals surface area (Å²) in [5.74, 6) is 0.726. The zero-order valence-electron chi connectivity index (χ0n) is 8.92. The molecule has 0 unspecified atom stereocenters. The highest BCUT2D eigenvalue weighted by molar-refractivity contribution is 5.34. The summed E-state index contributed by atoms with van der Waals surface area (Å²) < 4.78 is 12.7. The summed E-state index contributed by atoms with van der Waals surface area (Å²) in [4.78, 5) is 3.75. The van der Waals surface area contributed by atoms with E-state index in [1.165, 1.54) is 6.07 Å². The van der Waals surface area contributed by atoms with Gasteiger partial charge in [0.05, 0.1) is 0 Å². The number of hydrogen-bond donors (Lipinski definition) is 1. The van der Waals surface area contributed by atoms with E-state index in [0.717, 1.165) is 6.42 Å². The highest BCUT2D eigenvalue weighted by atomic mass is 19.1. The zero-order valence-corrected chi connectivity index (χ0v) is 8.92. The molecule has 0 saturated heterocycles. The van der Waals surface area contributed by atoms with Gasteiger partial charge in [0.15, 0.2) is 0 Å². The van der Waals surface area contributed by atoms with Crippen molar-refractivity contribution in [2.24, 2.45) is 5.92 Å². The van der Waals surface area contributed by atoms with E-state index in [-0.39, 0.29) is 0 Å². The molecule has 3 heteroatoms.